The lowest BCUT2D eigenvalue weighted by atomic mass is 10.0. The van der Waals surface area contributed by atoms with Crippen LogP contribution in [0.2, 0.25) is 0 Å². The van der Waals surface area contributed by atoms with Gasteiger partial charge in [-0.25, -0.2) is 0 Å². The first-order chi connectivity index (χ1) is 13.1. The van der Waals surface area contributed by atoms with Crippen LogP contribution in [0.4, 0.5) is 5.69 Å². The van der Waals surface area contributed by atoms with Crippen LogP contribution in [0, 0.1) is 0 Å². The molecule has 0 bridgehead atoms. The molecule has 0 atom stereocenters. The molecule has 1 fully saturated rings. The minimum atomic E-state index is 0.0984. The van der Waals surface area contributed by atoms with Crippen molar-refractivity contribution in [2.24, 2.45) is 0 Å². The first kappa shape index (κ1) is 17.6. The Hall–Kier alpha value is -2.85. The Bertz CT molecular complexity index is 958. The van der Waals surface area contributed by atoms with Crippen molar-refractivity contribution in [2.45, 2.75) is 13.5 Å². The maximum absolute atomic E-state index is 11.4. The minimum absolute atomic E-state index is 0.0984. The monoisotopic (exact) mass is 360 g/mol. The number of carbonyl (C=O) groups is 1. The molecule has 4 nitrogen and oxygen atoms in total. The summed E-state index contributed by atoms with van der Waals surface area (Å²) >= 11 is 0. The van der Waals surface area contributed by atoms with E-state index in [1.807, 2.05) is 42.5 Å². The molecular weight excluding hydrogens is 336 g/mol. The van der Waals surface area contributed by atoms with E-state index in [4.69, 9.17) is 0 Å². The molecule has 1 aliphatic heterocycles. The Kier molecular flexibility index (Phi) is 4.82. The van der Waals surface area contributed by atoms with E-state index in [1.165, 1.54) is 0 Å². The zero-order valence-electron chi connectivity index (χ0n) is 15.6. The minimum Gasteiger partial charge on any atom is -0.508 e. The number of hydrogen-bond acceptors (Lipinski definition) is 4. The van der Waals surface area contributed by atoms with Crippen LogP contribution in [0.25, 0.3) is 10.8 Å². The molecule has 1 heterocycles. The van der Waals surface area contributed by atoms with Gasteiger partial charge in [-0.1, -0.05) is 30.3 Å². The van der Waals surface area contributed by atoms with Crippen molar-refractivity contribution in [1.29, 1.82) is 0 Å². The fraction of sp³-hybridized carbons (Fsp3) is 0.261. The first-order valence-electron chi connectivity index (χ1n) is 9.40. The quantitative estimate of drug-likeness (QED) is 0.713. The van der Waals surface area contributed by atoms with E-state index in [0.29, 0.717) is 5.75 Å². The van der Waals surface area contributed by atoms with Gasteiger partial charge in [0.2, 0.25) is 0 Å². The van der Waals surface area contributed by atoms with Crippen molar-refractivity contribution in [2.75, 3.05) is 31.1 Å². The zero-order chi connectivity index (χ0) is 18.8. The molecule has 0 unspecified atom stereocenters. The molecule has 0 aromatic heterocycles. The van der Waals surface area contributed by atoms with E-state index in [0.717, 1.165) is 60.3 Å². The molecule has 1 aliphatic rings. The summed E-state index contributed by atoms with van der Waals surface area (Å²) in [6.45, 7) is 6.10. The standard InChI is InChI=1S/C23H24N2O2/c1-17(26)18-6-9-20(10-7-18)25-14-12-24(13-15-25)16-22-21-5-3-2-4-19(21)8-11-23(22)27/h2-11,27H,12-16H2,1H3. The second-order valence-corrected chi connectivity index (χ2v) is 7.15. The smallest absolute Gasteiger partial charge is 0.159 e. The number of ketones is 1. The fourth-order valence-electron chi connectivity index (χ4n) is 3.79. The lowest BCUT2D eigenvalue weighted by Crippen LogP contribution is -2.46. The predicted octanol–water partition coefficient (Wildman–Crippen LogP) is 4.07. The fourth-order valence-corrected chi connectivity index (χ4v) is 3.79. The highest BCUT2D eigenvalue weighted by atomic mass is 16.3. The van der Waals surface area contributed by atoms with Gasteiger partial charge in [0, 0.05) is 49.5 Å². The first-order valence-corrected chi connectivity index (χ1v) is 9.40. The van der Waals surface area contributed by atoms with Gasteiger partial charge in [-0.2, -0.15) is 0 Å². The number of phenolic OH excluding ortho intramolecular Hbond substituents is 1. The molecule has 3 aromatic rings. The second-order valence-electron chi connectivity index (χ2n) is 7.15. The number of fused-ring (bicyclic) bond motifs is 1. The van der Waals surface area contributed by atoms with Gasteiger partial charge in [-0.15, -0.1) is 0 Å². The number of hydrogen-bond donors (Lipinski definition) is 1. The summed E-state index contributed by atoms with van der Waals surface area (Å²) in [6.07, 6.45) is 0. The van der Waals surface area contributed by atoms with Gasteiger partial charge in [0.1, 0.15) is 5.75 Å². The molecule has 0 saturated carbocycles. The molecule has 0 aliphatic carbocycles. The molecule has 4 rings (SSSR count). The maximum Gasteiger partial charge on any atom is 0.159 e. The normalized spacial score (nSPS) is 15.2. The third-order valence-corrected chi connectivity index (χ3v) is 5.41. The van der Waals surface area contributed by atoms with Gasteiger partial charge in [0.25, 0.3) is 0 Å². The Balaban J connectivity index is 1.44. The summed E-state index contributed by atoms with van der Waals surface area (Å²) in [6, 6.07) is 19.8. The summed E-state index contributed by atoms with van der Waals surface area (Å²) in [5.74, 6) is 0.470. The summed E-state index contributed by atoms with van der Waals surface area (Å²) in [5, 5.41) is 12.7. The molecule has 3 aromatic carbocycles. The third kappa shape index (κ3) is 3.67. The highest BCUT2D eigenvalue weighted by molar-refractivity contribution is 5.94. The average molecular weight is 360 g/mol. The molecule has 0 amide bonds. The SMILES string of the molecule is CC(=O)c1ccc(N2CCN(Cc3c(O)ccc4ccccc34)CC2)cc1. The van der Waals surface area contributed by atoms with Gasteiger partial charge >= 0.3 is 0 Å². The number of nitrogens with zero attached hydrogens (tertiary/aromatic N) is 2. The van der Waals surface area contributed by atoms with Crippen LogP contribution in [-0.2, 0) is 6.54 Å². The average Bonchev–Trinajstić information content (AvgIpc) is 2.71. The Labute approximate surface area is 159 Å². The van der Waals surface area contributed by atoms with Gasteiger partial charge in [-0.05, 0) is 48.0 Å². The second kappa shape index (κ2) is 7.41. The topological polar surface area (TPSA) is 43.8 Å². The molecule has 1 N–H and O–H groups in total. The van der Waals surface area contributed by atoms with Crippen molar-refractivity contribution in [3.63, 3.8) is 0 Å². The van der Waals surface area contributed by atoms with Crippen LogP contribution in [-0.4, -0.2) is 42.0 Å². The molecule has 27 heavy (non-hydrogen) atoms. The molecule has 138 valence electrons. The van der Waals surface area contributed by atoms with Gasteiger partial charge in [0.05, 0.1) is 0 Å². The maximum atomic E-state index is 11.4. The van der Waals surface area contributed by atoms with Gasteiger partial charge < -0.3 is 10.0 Å². The van der Waals surface area contributed by atoms with Crippen molar-refractivity contribution < 1.29 is 9.90 Å². The van der Waals surface area contributed by atoms with E-state index in [2.05, 4.69) is 21.9 Å². The number of aromatic hydroxyl groups is 1. The predicted molar refractivity (Wildman–Crippen MR) is 110 cm³/mol. The van der Waals surface area contributed by atoms with Crippen LogP contribution in [0.15, 0.2) is 60.7 Å². The number of benzene rings is 3. The molecule has 1 saturated heterocycles. The lowest BCUT2D eigenvalue weighted by molar-refractivity contribution is 0.101. The number of piperazine rings is 1. The number of carbonyl (C=O) groups excluding carboxylic acids is 1. The van der Waals surface area contributed by atoms with Crippen LogP contribution >= 0.6 is 0 Å². The highest BCUT2D eigenvalue weighted by Crippen LogP contribution is 2.29. The Morgan fingerprint density at radius 3 is 2.33 bits per heavy atom. The number of rotatable bonds is 4. The van der Waals surface area contributed by atoms with E-state index in [9.17, 15) is 9.90 Å². The van der Waals surface area contributed by atoms with Crippen molar-refractivity contribution in [3.05, 3.63) is 71.8 Å². The van der Waals surface area contributed by atoms with Crippen molar-refractivity contribution in [1.82, 2.24) is 4.90 Å². The molecule has 0 spiro atoms. The largest absolute Gasteiger partial charge is 0.508 e. The van der Waals surface area contributed by atoms with E-state index >= 15 is 0 Å². The number of anilines is 1. The van der Waals surface area contributed by atoms with E-state index in [-0.39, 0.29) is 5.78 Å². The zero-order valence-corrected chi connectivity index (χ0v) is 15.6. The molecular formula is C23H24N2O2. The van der Waals surface area contributed by atoms with Gasteiger partial charge in [-0.3, -0.25) is 9.69 Å². The summed E-state index contributed by atoms with van der Waals surface area (Å²) < 4.78 is 0. The Morgan fingerprint density at radius 2 is 1.63 bits per heavy atom. The molecule has 4 heteroatoms. The van der Waals surface area contributed by atoms with Crippen LogP contribution in [0.5, 0.6) is 5.75 Å². The van der Waals surface area contributed by atoms with Gasteiger partial charge in [0.15, 0.2) is 5.78 Å². The third-order valence-electron chi connectivity index (χ3n) is 5.41. The number of Topliss-reactive ketones (excluding diaryl/α,β-unsaturated/α-hetero) is 1. The lowest BCUT2D eigenvalue weighted by Gasteiger charge is -2.36. The van der Waals surface area contributed by atoms with Crippen molar-refractivity contribution in [3.8, 4) is 5.75 Å². The summed E-state index contributed by atoms with van der Waals surface area (Å²) in [4.78, 5) is 16.2. The van der Waals surface area contributed by atoms with Crippen LogP contribution < -0.4 is 4.90 Å². The Morgan fingerprint density at radius 1 is 0.926 bits per heavy atom. The molecule has 0 radical (unpaired) electrons. The van der Waals surface area contributed by atoms with Crippen molar-refractivity contribution >= 4 is 22.2 Å². The summed E-state index contributed by atoms with van der Waals surface area (Å²) in [5.41, 5.74) is 2.92. The summed E-state index contributed by atoms with van der Waals surface area (Å²) in [7, 11) is 0. The van der Waals surface area contributed by atoms with E-state index in [1.54, 1.807) is 13.0 Å². The van der Waals surface area contributed by atoms with Crippen LogP contribution in [0.3, 0.4) is 0 Å². The van der Waals surface area contributed by atoms with Crippen LogP contribution in [0.1, 0.15) is 22.8 Å². The highest BCUT2D eigenvalue weighted by Gasteiger charge is 2.19. The van der Waals surface area contributed by atoms with E-state index < -0.39 is 0 Å². The number of phenols is 1.